The van der Waals surface area contributed by atoms with E-state index >= 15 is 0 Å². The van der Waals surface area contributed by atoms with Crippen LogP contribution in [0.25, 0.3) is 0 Å². The maximum absolute atomic E-state index is 11.7. The molecular weight excluding hydrogens is 324 g/mol. The summed E-state index contributed by atoms with van der Waals surface area (Å²) in [7, 11) is 3.49. The van der Waals surface area contributed by atoms with Crippen LogP contribution in [0.2, 0.25) is 0 Å². The molecule has 0 radical (unpaired) electrons. The van der Waals surface area contributed by atoms with Gasteiger partial charge in [-0.1, -0.05) is 0 Å². The maximum Gasteiger partial charge on any atom is 0.248 e. The van der Waals surface area contributed by atoms with E-state index < -0.39 is 0 Å². The zero-order valence-electron chi connectivity index (χ0n) is 14.2. The average Bonchev–Trinajstić information content (AvgIpc) is 3.16. The molecule has 0 N–H and O–H groups in total. The molecule has 130 valence electrons. The number of carbonyl (C=O) groups excluding carboxylic acids is 1. The minimum Gasteiger partial charge on any atom is -0.371 e. The summed E-state index contributed by atoms with van der Waals surface area (Å²) in [5, 5.41) is 8.75. The SMILES string of the molecule is CN(C)C(=O)COC[C@@H]1CN(Cc2ccsc2)Cc2ccnn2C1. The first kappa shape index (κ1) is 17.1. The van der Waals surface area contributed by atoms with Crippen LogP contribution >= 0.6 is 11.3 Å². The molecule has 24 heavy (non-hydrogen) atoms. The summed E-state index contributed by atoms with van der Waals surface area (Å²) in [5.74, 6) is 0.318. The molecule has 0 bridgehead atoms. The van der Waals surface area contributed by atoms with Crippen LogP contribution in [-0.2, 0) is 29.2 Å². The largest absolute Gasteiger partial charge is 0.371 e. The van der Waals surface area contributed by atoms with Crippen molar-refractivity contribution in [2.45, 2.75) is 19.6 Å². The van der Waals surface area contributed by atoms with Crippen molar-refractivity contribution in [1.29, 1.82) is 0 Å². The first-order chi connectivity index (χ1) is 11.6. The van der Waals surface area contributed by atoms with Gasteiger partial charge in [0.15, 0.2) is 0 Å². The highest BCUT2D eigenvalue weighted by Gasteiger charge is 2.23. The highest BCUT2D eigenvalue weighted by molar-refractivity contribution is 7.07. The Hall–Kier alpha value is -1.70. The lowest BCUT2D eigenvalue weighted by Crippen LogP contribution is -2.32. The number of likely N-dealkylation sites (N-methyl/N-ethyl adjacent to an activating group) is 1. The zero-order chi connectivity index (χ0) is 16.9. The molecule has 1 atom stereocenters. The lowest BCUT2D eigenvalue weighted by atomic mass is 10.1. The van der Waals surface area contributed by atoms with Crippen LogP contribution in [0, 0.1) is 5.92 Å². The standard InChI is InChI=1S/C17H24N4O2S/c1-19(2)17(22)12-23-11-15-8-20(7-14-4-6-24-13-14)10-16-3-5-18-21(16)9-15/h3-6,13,15H,7-12H2,1-2H3/t15-/m1/s1. The molecule has 1 amide bonds. The van der Waals surface area contributed by atoms with E-state index in [2.05, 4.69) is 37.6 Å². The van der Waals surface area contributed by atoms with Gasteiger partial charge in [-0.2, -0.15) is 16.4 Å². The van der Waals surface area contributed by atoms with Gasteiger partial charge in [0.2, 0.25) is 5.91 Å². The van der Waals surface area contributed by atoms with Crippen LogP contribution in [0.1, 0.15) is 11.3 Å². The molecule has 6 nitrogen and oxygen atoms in total. The maximum atomic E-state index is 11.7. The van der Waals surface area contributed by atoms with E-state index in [1.807, 2.05) is 6.20 Å². The van der Waals surface area contributed by atoms with E-state index in [1.54, 1.807) is 30.3 Å². The number of amides is 1. The number of aromatic nitrogens is 2. The predicted molar refractivity (Wildman–Crippen MR) is 93.7 cm³/mol. The Bertz CT molecular complexity index is 653. The summed E-state index contributed by atoms with van der Waals surface area (Å²) in [6.07, 6.45) is 1.86. The van der Waals surface area contributed by atoms with E-state index in [4.69, 9.17) is 4.74 Å². The zero-order valence-corrected chi connectivity index (χ0v) is 15.0. The van der Waals surface area contributed by atoms with Crippen molar-refractivity contribution < 1.29 is 9.53 Å². The number of nitrogens with zero attached hydrogens (tertiary/aromatic N) is 4. The monoisotopic (exact) mass is 348 g/mol. The molecule has 0 fully saturated rings. The minimum atomic E-state index is -0.00136. The Morgan fingerprint density at radius 3 is 3.04 bits per heavy atom. The summed E-state index contributed by atoms with van der Waals surface area (Å²) in [4.78, 5) is 15.7. The molecule has 1 aliphatic heterocycles. The van der Waals surface area contributed by atoms with Crippen molar-refractivity contribution in [1.82, 2.24) is 19.6 Å². The lowest BCUT2D eigenvalue weighted by Gasteiger charge is -2.23. The molecule has 0 aliphatic carbocycles. The Morgan fingerprint density at radius 2 is 2.29 bits per heavy atom. The number of fused-ring (bicyclic) bond motifs is 1. The number of hydrogen-bond donors (Lipinski definition) is 0. The molecule has 0 saturated carbocycles. The molecule has 0 spiro atoms. The first-order valence-corrected chi connectivity index (χ1v) is 9.08. The molecule has 0 unspecified atom stereocenters. The van der Waals surface area contributed by atoms with Crippen molar-refractivity contribution in [2.75, 3.05) is 33.9 Å². The number of ether oxygens (including phenoxy) is 1. The molecule has 1 aliphatic rings. The number of thiophene rings is 1. The van der Waals surface area contributed by atoms with E-state index in [1.165, 1.54) is 11.3 Å². The van der Waals surface area contributed by atoms with Gasteiger partial charge in [0, 0.05) is 52.4 Å². The van der Waals surface area contributed by atoms with E-state index in [0.29, 0.717) is 12.5 Å². The quantitative estimate of drug-likeness (QED) is 0.797. The Labute approximate surface area is 146 Å². The molecular formula is C17H24N4O2S. The van der Waals surface area contributed by atoms with Gasteiger partial charge in [-0.15, -0.1) is 0 Å². The van der Waals surface area contributed by atoms with E-state index in [-0.39, 0.29) is 12.5 Å². The fraction of sp³-hybridized carbons (Fsp3) is 0.529. The van der Waals surface area contributed by atoms with Crippen LogP contribution in [-0.4, -0.2) is 59.3 Å². The smallest absolute Gasteiger partial charge is 0.248 e. The summed E-state index contributed by atoms with van der Waals surface area (Å²) in [6, 6.07) is 4.26. The van der Waals surface area contributed by atoms with Crippen LogP contribution in [0.15, 0.2) is 29.1 Å². The predicted octanol–water partition coefficient (Wildman–Crippen LogP) is 1.68. The first-order valence-electron chi connectivity index (χ1n) is 8.14. The minimum absolute atomic E-state index is 0.00136. The molecule has 3 rings (SSSR count). The molecule has 3 heterocycles. The third kappa shape index (κ3) is 4.43. The van der Waals surface area contributed by atoms with Gasteiger partial charge in [0.05, 0.1) is 12.3 Å². The van der Waals surface area contributed by atoms with Crippen LogP contribution in [0.3, 0.4) is 0 Å². The van der Waals surface area contributed by atoms with Crippen molar-refractivity contribution in [3.63, 3.8) is 0 Å². The summed E-state index contributed by atoms with van der Waals surface area (Å²) < 4.78 is 7.73. The number of hydrogen-bond acceptors (Lipinski definition) is 5. The molecule has 0 aromatic carbocycles. The Morgan fingerprint density at radius 1 is 1.42 bits per heavy atom. The van der Waals surface area contributed by atoms with Crippen molar-refractivity contribution in [3.8, 4) is 0 Å². The van der Waals surface area contributed by atoms with Gasteiger partial charge in [-0.25, -0.2) is 0 Å². The van der Waals surface area contributed by atoms with Gasteiger partial charge in [-0.3, -0.25) is 14.4 Å². The normalized spacial score (nSPS) is 18.2. The molecule has 2 aromatic rings. The van der Waals surface area contributed by atoms with Crippen LogP contribution in [0.4, 0.5) is 0 Å². The van der Waals surface area contributed by atoms with E-state index in [9.17, 15) is 4.79 Å². The second-order valence-electron chi connectivity index (χ2n) is 6.48. The highest BCUT2D eigenvalue weighted by Crippen LogP contribution is 2.19. The summed E-state index contributed by atoms with van der Waals surface area (Å²) in [5.41, 5.74) is 2.58. The highest BCUT2D eigenvalue weighted by atomic mass is 32.1. The van der Waals surface area contributed by atoms with Crippen LogP contribution < -0.4 is 0 Å². The topological polar surface area (TPSA) is 50.6 Å². The third-order valence-corrected chi connectivity index (χ3v) is 4.93. The number of carbonyl (C=O) groups is 1. The second-order valence-corrected chi connectivity index (χ2v) is 7.26. The second kappa shape index (κ2) is 7.92. The fourth-order valence-corrected chi connectivity index (χ4v) is 3.59. The summed E-state index contributed by atoms with van der Waals surface area (Å²) in [6.45, 7) is 4.30. The lowest BCUT2D eigenvalue weighted by molar-refractivity contribution is -0.134. The van der Waals surface area contributed by atoms with Crippen molar-refractivity contribution in [2.24, 2.45) is 5.92 Å². The average molecular weight is 348 g/mol. The van der Waals surface area contributed by atoms with Gasteiger partial charge in [-0.05, 0) is 28.5 Å². The molecule has 0 saturated heterocycles. The molecule has 2 aromatic heterocycles. The van der Waals surface area contributed by atoms with Gasteiger partial charge >= 0.3 is 0 Å². The van der Waals surface area contributed by atoms with Gasteiger partial charge < -0.3 is 9.64 Å². The van der Waals surface area contributed by atoms with Crippen molar-refractivity contribution >= 4 is 17.2 Å². The Kier molecular flexibility index (Phi) is 5.65. The summed E-state index contributed by atoms with van der Waals surface area (Å²) >= 11 is 1.73. The van der Waals surface area contributed by atoms with Crippen LogP contribution in [0.5, 0.6) is 0 Å². The Balaban J connectivity index is 1.62. The fourth-order valence-electron chi connectivity index (χ4n) is 2.93. The third-order valence-electron chi connectivity index (χ3n) is 4.20. The van der Waals surface area contributed by atoms with Crippen molar-refractivity contribution in [3.05, 3.63) is 40.3 Å². The molecule has 7 heteroatoms. The number of rotatable bonds is 6. The van der Waals surface area contributed by atoms with Gasteiger partial charge in [0.1, 0.15) is 6.61 Å². The van der Waals surface area contributed by atoms with Gasteiger partial charge in [0.25, 0.3) is 0 Å². The van der Waals surface area contributed by atoms with E-state index in [0.717, 1.165) is 26.2 Å².